The predicted molar refractivity (Wildman–Crippen MR) is 83.6 cm³/mol. The molecule has 3 nitrogen and oxygen atoms in total. The van der Waals surface area contributed by atoms with E-state index in [-0.39, 0.29) is 0 Å². The van der Waals surface area contributed by atoms with Crippen LogP contribution in [0.15, 0.2) is 39.7 Å². The van der Waals surface area contributed by atoms with Crippen LogP contribution in [0, 0.1) is 6.92 Å². The molecule has 0 saturated carbocycles. The molecule has 2 aromatic rings. The molecule has 1 aromatic carbocycles. The number of ether oxygens (including phenoxy) is 1. The number of hydrogen-bond acceptors (Lipinski definition) is 4. The van der Waals surface area contributed by atoms with Crippen molar-refractivity contribution in [1.29, 1.82) is 0 Å². The van der Waals surface area contributed by atoms with Crippen LogP contribution < -0.4 is 10.5 Å². The first-order valence-corrected chi connectivity index (χ1v) is 7.55. The van der Waals surface area contributed by atoms with Crippen LogP contribution in [0.2, 0.25) is 0 Å². The molecule has 19 heavy (non-hydrogen) atoms. The maximum absolute atomic E-state index is 5.95. The fraction of sp³-hybridized carbons (Fsp3) is 0.214. The van der Waals surface area contributed by atoms with Gasteiger partial charge >= 0.3 is 0 Å². The van der Waals surface area contributed by atoms with Crippen LogP contribution in [0.25, 0.3) is 0 Å². The van der Waals surface area contributed by atoms with Crippen molar-refractivity contribution >= 4 is 33.4 Å². The number of nitrogens with two attached hydrogens (primary N) is 1. The number of aryl methyl sites for hydroxylation is 1. The molecule has 0 amide bonds. The van der Waals surface area contributed by atoms with Crippen LogP contribution in [0.5, 0.6) is 5.75 Å². The number of pyridine rings is 1. The van der Waals surface area contributed by atoms with Crippen LogP contribution in [-0.2, 0) is 5.75 Å². The minimum atomic E-state index is 0.763. The molecule has 0 unspecified atom stereocenters. The van der Waals surface area contributed by atoms with Gasteiger partial charge in [0.15, 0.2) is 0 Å². The van der Waals surface area contributed by atoms with Crippen molar-refractivity contribution in [2.45, 2.75) is 17.6 Å². The van der Waals surface area contributed by atoms with Gasteiger partial charge in [0.25, 0.3) is 0 Å². The largest absolute Gasteiger partial charge is 0.497 e. The summed E-state index contributed by atoms with van der Waals surface area (Å²) in [6.07, 6.45) is 0. The second kappa shape index (κ2) is 6.30. The lowest BCUT2D eigenvalue weighted by molar-refractivity contribution is 0.413. The smallest absolute Gasteiger partial charge is 0.122 e. The third-order valence-electron chi connectivity index (χ3n) is 2.57. The standard InChI is InChI=1S/C14H15BrN2OS/c1-9-5-12(18-2)7-11(17-9)8-19-14-6-10(15)3-4-13(14)16/h3-7H,8,16H2,1-2H3. The fourth-order valence-corrected chi connectivity index (χ4v) is 3.09. The van der Waals surface area contributed by atoms with Gasteiger partial charge in [-0.2, -0.15) is 0 Å². The quantitative estimate of drug-likeness (QED) is 0.675. The summed E-state index contributed by atoms with van der Waals surface area (Å²) in [7, 11) is 1.66. The molecule has 0 atom stereocenters. The molecule has 0 fully saturated rings. The molecule has 0 saturated heterocycles. The molecule has 0 aliphatic rings. The van der Waals surface area contributed by atoms with Crippen LogP contribution in [0.1, 0.15) is 11.4 Å². The summed E-state index contributed by atoms with van der Waals surface area (Å²) in [6, 6.07) is 9.73. The number of benzene rings is 1. The normalized spacial score (nSPS) is 10.5. The minimum Gasteiger partial charge on any atom is -0.497 e. The Morgan fingerprint density at radius 1 is 1.32 bits per heavy atom. The number of nitrogen functional groups attached to an aromatic ring is 1. The van der Waals surface area contributed by atoms with Crippen molar-refractivity contribution in [3.8, 4) is 5.75 Å². The molecule has 0 aliphatic heterocycles. The second-order valence-corrected chi connectivity index (χ2v) is 6.04. The van der Waals surface area contributed by atoms with E-state index in [9.17, 15) is 0 Å². The predicted octanol–water partition coefficient (Wildman–Crippen LogP) is 4.04. The SMILES string of the molecule is COc1cc(C)nc(CSc2cc(Br)ccc2N)c1. The zero-order valence-corrected chi connectivity index (χ0v) is 13.2. The summed E-state index contributed by atoms with van der Waals surface area (Å²) in [6.45, 7) is 1.96. The Morgan fingerprint density at radius 2 is 2.11 bits per heavy atom. The third kappa shape index (κ3) is 3.88. The molecular weight excluding hydrogens is 324 g/mol. The van der Waals surface area contributed by atoms with Gasteiger partial charge < -0.3 is 10.5 Å². The Balaban J connectivity index is 2.14. The molecule has 0 spiro atoms. The average Bonchev–Trinajstić information content (AvgIpc) is 2.39. The van der Waals surface area contributed by atoms with Crippen molar-refractivity contribution < 1.29 is 4.74 Å². The van der Waals surface area contributed by atoms with E-state index in [1.54, 1.807) is 18.9 Å². The van der Waals surface area contributed by atoms with Gasteiger partial charge in [0.05, 0.1) is 12.8 Å². The lowest BCUT2D eigenvalue weighted by atomic mass is 10.3. The van der Waals surface area contributed by atoms with Gasteiger partial charge in [0.2, 0.25) is 0 Å². The monoisotopic (exact) mass is 338 g/mol. The molecule has 2 N–H and O–H groups in total. The summed E-state index contributed by atoms with van der Waals surface area (Å²) in [5.74, 6) is 1.60. The molecule has 0 bridgehead atoms. The van der Waals surface area contributed by atoms with E-state index >= 15 is 0 Å². The first-order valence-electron chi connectivity index (χ1n) is 5.78. The van der Waals surface area contributed by atoms with Gasteiger partial charge in [-0.15, -0.1) is 11.8 Å². The molecule has 0 aliphatic carbocycles. The number of rotatable bonds is 4. The lowest BCUT2D eigenvalue weighted by Crippen LogP contribution is -1.94. The molecule has 1 aromatic heterocycles. The Labute approximate surface area is 125 Å². The third-order valence-corrected chi connectivity index (χ3v) is 4.16. The molecule has 100 valence electrons. The summed E-state index contributed by atoms with van der Waals surface area (Å²) in [5.41, 5.74) is 8.68. The van der Waals surface area contributed by atoms with E-state index in [0.29, 0.717) is 0 Å². The zero-order valence-electron chi connectivity index (χ0n) is 10.8. The van der Waals surface area contributed by atoms with Gasteiger partial charge in [0.1, 0.15) is 5.75 Å². The maximum atomic E-state index is 5.95. The number of nitrogens with zero attached hydrogens (tertiary/aromatic N) is 1. The second-order valence-electron chi connectivity index (χ2n) is 4.11. The Morgan fingerprint density at radius 3 is 2.84 bits per heavy atom. The number of methoxy groups -OCH3 is 1. The molecular formula is C14H15BrN2OS. The molecule has 5 heteroatoms. The van der Waals surface area contributed by atoms with E-state index in [2.05, 4.69) is 20.9 Å². The van der Waals surface area contributed by atoms with Crippen molar-refractivity contribution in [2.24, 2.45) is 0 Å². The number of hydrogen-bond donors (Lipinski definition) is 1. The van der Waals surface area contributed by atoms with E-state index in [1.807, 2.05) is 37.3 Å². The number of halogens is 1. The summed E-state index contributed by atoms with van der Waals surface area (Å²) < 4.78 is 6.28. The maximum Gasteiger partial charge on any atom is 0.122 e. The molecule has 0 radical (unpaired) electrons. The number of thioether (sulfide) groups is 1. The Hall–Kier alpha value is -1.20. The van der Waals surface area contributed by atoms with Gasteiger partial charge in [0, 0.05) is 38.6 Å². The van der Waals surface area contributed by atoms with E-state index in [1.165, 1.54) is 0 Å². The first kappa shape index (κ1) is 14.2. The number of aromatic nitrogens is 1. The molecule has 1 heterocycles. The van der Waals surface area contributed by atoms with Gasteiger partial charge in [-0.25, -0.2) is 0 Å². The Bertz CT molecular complexity index is 590. The Kier molecular flexibility index (Phi) is 4.71. The van der Waals surface area contributed by atoms with Crippen molar-refractivity contribution in [1.82, 2.24) is 4.98 Å². The summed E-state index contributed by atoms with van der Waals surface area (Å²) in [4.78, 5) is 5.55. The highest BCUT2D eigenvalue weighted by atomic mass is 79.9. The average molecular weight is 339 g/mol. The van der Waals surface area contributed by atoms with Crippen LogP contribution >= 0.6 is 27.7 Å². The van der Waals surface area contributed by atoms with Crippen LogP contribution in [0.4, 0.5) is 5.69 Å². The highest BCUT2D eigenvalue weighted by molar-refractivity contribution is 9.10. The number of anilines is 1. The van der Waals surface area contributed by atoms with Crippen LogP contribution in [0.3, 0.4) is 0 Å². The zero-order chi connectivity index (χ0) is 13.8. The van der Waals surface area contributed by atoms with Gasteiger partial charge in [-0.3, -0.25) is 4.98 Å². The van der Waals surface area contributed by atoms with E-state index in [4.69, 9.17) is 10.5 Å². The summed E-state index contributed by atoms with van der Waals surface area (Å²) >= 11 is 5.12. The molecule has 2 rings (SSSR count). The van der Waals surface area contributed by atoms with E-state index < -0.39 is 0 Å². The van der Waals surface area contributed by atoms with Crippen molar-refractivity contribution in [3.63, 3.8) is 0 Å². The van der Waals surface area contributed by atoms with Crippen molar-refractivity contribution in [2.75, 3.05) is 12.8 Å². The van der Waals surface area contributed by atoms with E-state index in [0.717, 1.165) is 37.9 Å². The topological polar surface area (TPSA) is 48.1 Å². The lowest BCUT2D eigenvalue weighted by Gasteiger charge is -2.08. The first-order chi connectivity index (χ1) is 9.08. The van der Waals surface area contributed by atoms with Gasteiger partial charge in [-0.1, -0.05) is 15.9 Å². The fourth-order valence-electron chi connectivity index (χ4n) is 1.68. The highest BCUT2D eigenvalue weighted by Gasteiger charge is 2.05. The van der Waals surface area contributed by atoms with Crippen LogP contribution in [-0.4, -0.2) is 12.1 Å². The van der Waals surface area contributed by atoms with Crippen molar-refractivity contribution in [3.05, 3.63) is 46.2 Å². The van der Waals surface area contributed by atoms with Gasteiger partial charge in [-0.05, 0) is 25.1 Å². The minimum absolute atomic E-state index is 0.763. The highest BCUT2D eigenvalue weighted by Crippen LogP contribution is 2.31. The summed E-state index contributed by atoms with van der Waals surface area (Å²) in [5, 5.41) is 0.